The van der Waals surface area contributed by atoms with Crippen molar-refractivity contribution in [3.05, 3.63) is 46.3 Å². The van der Waals surface area contributed by atoms with E-state index < -0.39 is 0 Å². The number of nitrogens with one attached hydrogen (secondary N) is 2. The maximum absolute atomic E-state index is 11.9. The molecule has 0 fully saturated rings. The zero-order valence-corrected chi connectivity index (χ0v) is 11.6. The average molecular weight is 320 g/mol. The molecule has 0 aliphatic carbocycles. The van der Waals surface area contributed by atoms with Crippen LogP contribution >= 0.6 is 15.9 Å². The molecule has 1 aliphatic rings. The molecule has 0 bridgehead atoms. The summed E-state index contributed by atoms with van der Waals surface area (Å²) in [4.78, 5) is 11.9. The quantitative estimate of drug-likeness (QED) is 0.834. The Bertz CT molecular complexity index is 691. The lowest BCUT2D eigenvalue weighted by molar-refractivity contribution is -0.110. The van der Waals surface area contributed by atoms with E-state index in [4.69, 9.17) is 4.52 Å². The third-order valence-electron chi connectivity index (χ3n) is 2.85. The van der Waals surface area contributed by atoms with Gasteiger partial charge in [-0.3, -0.25) is 4.79 Å². The third kappa shape index (κ3) is 2.04. The smallest absolute Gasteiger partial charge is 0.257 e. The van der Waals surface area contributed by atoms with Crippen molar-refractivity contribution in [2.75, 3.05) is 10.6 Å². The second-order valence-electron chi connectivity index (χ2n) is 4.10. The van der Waals surface area contributed by atoms with Crippen molar-refractivity contribution in [1.29, 1.82) is 0 Å². The molecule has 0 unspecified atom stereocenters. The van der Waals surface area contributed by atoms with E-state index in [0.717, 1.165) is 15.7 Å². The summed E-state index contributed by atoms with van der Waals surface area (Å²) in [6.45, 7) is 1.80. The Balaban J connectivity index is 1.92. The minimum atomic E-state index is -0.134. The molecule has 1 aliphatic heterocycles. The summed E-state index contributed by atoms with van der Waals surface area (Å²) >= 11 is 3.36. The highest BCUT2D eigenvalue weighted by Crippen LogP contribution is 2.32. The number of rotatable bonds is 2. The van der Waals surface area contributed by atoms with Gasteiger partial charge in [0.15, 0.2) is 5.82 Å². The van der Waals surface area contributed by atoms with E-state index in [2.05, 4.69) is 31.7 Å². The van der Waals surface area contributed by atoms with Crippen LogP contribution in [0.3, 0.4) is 0 Å². The Labute approximate surface area is 117 Å². The van der Waals surface area contributed by atoms with Gasteiger partial charge in [0, 0.05) is 17.5 Å². The number of halogens is 1. The van der Waals surface area contributed by atoms with Crippen molar-refractivity contribution in [3.8, 4) is 0 Å². The van der Waals surface area contributed by atoms with E-state index in [0.29, 0.717) is 17.2 Å². The van der Waals surface area contributed by atoms with Crippen LogP contribution in [0.25, 0.3) is 5.57 Å². The number of carbonyl (C=O) groups is 1. The summed E-state index contributed by atoms with van der Waals surface area (Å²) in [5.74, 6) is 1.09. The zero-order chi connectivity index (χ0) is 13.4. The van der Waals surface area contributed by atoms with Gasteiger partial charge in [-0.15, -0.1) is 0 Å². The van der Waals surface area contributed by atoms with E-state index in [1.165, 1.54) is 0 Å². The molecule has 0 saturated heterocycles. The largest absolute Gasteiger partial charge is 0.358 e. The van der Waals surface area contributed by atoms with Crippen LogP contribution < -0.4 is 10.6 Å². The SMILES string of the molecule is Cc1onc(NC=C2C(=O)Nc3ccccc32)c1Br. The standard InChI is InChI=1S/C13H10BrN3O2/c1-7-11(14)12(17-19-7)15-6-9-8-4-2-3-5-10(8)16-13(9)18/h2-6H,1H3,(H,15,17)(H,16,18). The number of para-hydroxylation sites is 1. The average Bonchev–Trinajstić information content (AvgIpc) is 2.89. The molecule has 2 aromatic rings. The van der Waals surface area contributed by atoms with Crippen LogP contribution in [0.4, 0.5) is 11.5 Å². The van der Waals surface area contributed by atoms with Crippen LogP contribution in [0, 0.1) is 6.92 Å². The van der Waals surface area contributed by atoms with Crippen LogP contribution in [0.5, 0.6) is 0 Å². The molecule has 1 aromatic carbocycles. The molecule has 2 N–H and O–H groups in total. The van der Waals surface area contributed by atoms with Crippen LogP contribution in [0.15, 0.2) is 39.5 Å². The number of nitrogens with zero attached hydrogens (tertiary/aromatic N) is 1. The molecule has 0 radical (unpaired) electrons. The number of aromatic nitrogens is 1. The monoisotopic (exact) mass is 319 g/mol. The van der Waals surface area contributed by atoms with Crippen molar-refractivity contribution in [1.82, 2.24) is 5.16 Å². The number of aryl methyl sites for hydroxylation is 1. The summed E-state index contributed by atoms with van der Waals surface area (Å²) in [6.07, 6.45) is 1.63. The maximum atomic E-state index is 11.9. The fraction of sp³-hybridized carbons (Fsp3) is 0.0769. The molecular formula is C13H10BrN3O2. The molecule has 19 heavy (non-hydrogen) atoms. The molecule has 0 saturated carbocycles. The number of fused-ring (bicyclic) bond motifs is 1. The van der Waals surface area contributed by atoms with Gasteiger partial charge in [-0.25, -0.2) is 0 Å². The predicted molar refractivity (Wildman–Crippen MR) is 75.6 cm³/mol. The summed E-state index contributed by atoms with van der Waals surface area (Å²) in [5, 5.41) is 9.62. The Kier molecular flexibility index (Phi) is 2.87. The minimum absolute atomic E-state index is 0.134. The fourth-order valence-corrected chi connectivity index (χ4v) is 2.13. The molecule has 1 aromatic heterocycles. The number of hydrogen-bond donors (Lipinski definition) is 2. The molecule has 2 heterocycles. The first-order valence-electron chi connectivity index (χ1n) is 5.66. The normalized spacial score (nSPS) is 15.5. The Hall–Kier alpha value is -2.08. The lowest BCUT2D eigenvalue weighted by Gasteiger charge is -1.98. The van der Waals surface area contributed by atoms with E-state index in [1.54, 1.807) is 13.1 Å². The van der Waals surface area contributed by atoms with Crippen molar-refractivity contribution in [2.24, 2.45) is 0 Å². The summed E-state index contributed by atoms with van der Waals surface area (Å²) in [7, 11) is 0. The lowest BCUT2D eigenvalue weighted by atomic mass is 10.1. The third-order valence-corrected chi connectivity index (χ3v) is 3.79. The van der Waals surface area contributed by atoms with Crippen molar-refractivity contribution >= 4 is 38.9 Å². The first kappa shape index (κ1) is 12.0. The minimum Gasteiger partial charge on any atom is -0.358 e. The molecule has 1 amide bonds. The summed E-state index contributed by atoms with van der Waals surface area (Å²) in [6, 6.07) is 7.53. The molecule has 5 nitrogen and oxygen atoms in total. The molecule has 3 rings (SSSR count). The highest BCUT2D eigenvalue weighted by Gasteiger charge is 2.23. The first-order chi connectivity index (χ1) is 9.16. The van der Waals surface area contributed by atoms with Gasteiger partial charge < -0.3 is 15.2 Å². The summed E-state index contributed by atoms with van der Waals surface area (Å²) < 4.78 is 5.76. The molecule has 96 valence electrons. The van der Waals surface area contributed by atoms with Crippen molar-refractivity contribution < 1.29 is 9.32 Å². The maximum Gasteiger partial charge on any atom is 0.257 e. The fourth-order valence-electron chi connectivity index (χ4n) is 1.87. The van der Waals surface area contributed by atoms with Gasteiger partial charge in [0.25, 0.3) is 5.91 Å². The van der Waals surface area contributed by atoms with Gasteiger partial charge in [-0.1, -0.05) is 23.4 Å². The lowest BCUT2D eigenvalue weighted by Crippen LogP contribution is -2.05. The topological polar surface area (TPSA) is 67.2 Å². The van der Waals surface area contributed by atoms with Gasteiger partial charge >= 0.3 is 0 Å². The van der Waals surface area contributed by atoms with Crippen molar-refractivity contribution in [2.45, 2.75) is 6.92 Å². The van der Waals surface area contributed by atoms with Gasteiger partial charge in [-0.2, -0.15) is 0 Å². The number of amides is 1. The Morgan fingerprint density at radius 2 is 2.21 bits per heavy atom. The van der Waals surface area contributed by atoms with Crippen LogP contribution in [0.2, 0.25) is 0 Å². The van der Waals surface area contributed by atoms with Crippen molar-refractivity contribution in [3.63, 3.8) is 0 Å². The van der Waals surface area contributed by atoms with E-state index in [1.807, 2.05) is 24.3 Å². The molecular weight excluding hydrogens is 310 g/mol. The highest BCUT2D eigenvalue weighted by atomic mass is 79.9. The number of hydrogen-bond acceptors (Lipinski definition) is 4. The Morgan fingerprint density at radius 3 is 2.95 bits per heavy atom. The second kappa shape index (κ2) is 4.55. The van der Waals surface area contributed by atoms with Crippen LogP contribution in [-0.4, -0.2) is 11.1 Å². The first-order valence-corrected chi connectivity index (χ1v) is 6.45. The van der Waals surface area contributed by atoms with E-state index in [-0.39, 0.29) is 5.91 Å². The van der Waals surface area contributed by atoms with E-state index >= 15 is 0 Å². The van der Waals surface area contributed by atoms with Crippen LogP contribution in [-0.2, 0) is 4.79 Å². The highest BCUT2D eigenvalue weighted by molar-refractivity contribution is 9.10. The van der Waals surface area contributed by atoms with E-state index in [9.17, 15) is 4.79 Å². The van der Waals surface area contributed by atoms with Gasteiger partial charge in [0.05, 0.1) is 5.57 Å². The van der Waals surface area contributed by atoms with Gasteiger partial charge in [0.2, 0.25) is 0 Å². The number of benzene rings is 1. The second-order valence-corrected chi connectivity index (χ2v) is 4.90. The Morgan fingerprint density at radius 1 is 1.42 bits per heavy atom. The molecule has 0 spiro atoms. The molecule has 6 heteroatoms. The van der Waals surface area contributed by atoms with Gasteiger partial charge in [-0.05, 0) is 28.9 Å². The van der Waals surface area contributed by atoms with Gasteiger partial charge in [0.1, 0.15) is 10.2 Å². The summed E-state index contributed by atoms with van der Waals surface area (Å²) in [5.41, 5.74) is 2.26. The molecule has 0 atom stereocenters. The number of carbonyl (C=O) groups excluding carboxylic acids is 1. The van der Waals surface area contributed by atoms with Crippen LogP contribution in [0.1, 0.15) is 11.3 Å². The zero-order valence-electron chi connectivity index (χ0n) is 10.0. The predicted octanol–water partition coefficient (Wildman–Crippen LogP) is 3.15. The number of anilines is 2.